The molecule has 3 rings (SSSR count). The number of aromatic amines is 1. The van der Waals surface area contributed by atoms with Crippen molar-refractivity contribution in [2.45, 2.75) is 13.8 Å². The summed E-state index contributed by atoms with van der Waals surface area (Å²) < 4.78 is 5.10. The van der Waals surface area contributed by atoms with Gasteiger partial charge in [0.2, 0.25) is 0 Å². The number of amides is 1. The molecule has 1 aromatic carbocycles. The fraction of sp³-hybridized carbons (Fsp3) is 0.118. The van der Waals surface area contributed by atoms with Crippen LogP contribution in [0.25, 0.3) is 22.2 Å². The lowest BCUT2D eigenvalue weighted by Gasteiger charge is -2.09. The number of anilines is 1. The summed E-state index contributed by atoms with van der Waals surface area (Å²) >= 11 is 0. The molecule has 1 amide bonds. The van der Waals surface area contributed by atoms with Gasteiger partial charge < -0.3 is 20.9 Å². The zero-order valence-corrected chi connectivity index (χ0v) is 13.3. The van der Waals surface area contributed by atoms with E-state index >= 15 is 0 Å². The molecule has 24 heavy (non-hydrogen) atoms. The zero-order chi connectivity index (χ0) is 17.3. The van der Waals surface area contributed by atoms with Gasteiger partial charge in [-0.3, -0.25) is 9.89 Å². The molecule has 0 fully saturated rings. The first-order valence-corrected chi connectivity index (χ1v) is 7.31. The molecule has 0 aliphatic carbocycles. The molecule has 0 unspecified atom stereocenters. The topological polar surface area (TPSA) is 121 Å². The summed E-state index contributed by atoms with van der Waals surface area (Å²) in [6.45, 7) is 3.13. The van der Waals surface area contributed by atoms with Crippen molar-refractivity contribution >= 4 is 28.2 Å². The maximum atomic E-state index is 12.4. The Bertz CT molecular complexity index is 947. The van der Waals surface area contributed by atoms with Crippen LogP contribution in [0.4, 0.5) is 5.69 Å². The number of aromatic nitrogens is 2. The summed E-state index contributed by atoms with van der Waals surface area (Å²) in [7, 11) is 0. The third-order valence-corrected chi connectivity index (χ3v) is 3.61. The Hall–Kier alpha value is -3.35. The summed E-state index contributed by atoms with van der Waals surface area (Å²) in [4.78, 5) is 12.4. The molecule has 0 bridgehead atoms. The number of furan rings is 1. The van der Waals surface area contributed by atoms with E-state index in [0.29, 0.717) is 11.4 Å². The third kappa shape index (κ3) is 2.79. The minimum Gasteiger partial charge on any atom is -0.472 e. The lowest BCUT2D eigenvalue weighted by Crippen LogP contribution is -2.22. The quantitative estimate of drug-likeness (QED) is 0.435. The molecule has 3 aromatic rings. The smallest absolute Gasteiger partial charge is 0.259 e. The summed E-state index contributed by atoms with van der Waals surface area (Å²) in [5, 5.41) is 18.6. The van der Waals surface area contributed by atoms with Crippen LogP contribution in [0.1, 0.15) is 13.8 Å². The maximum absolute atomic E-state index is 12.4. The van der Waals surface area contributed by atoms with Crippen LogP contribution < -0.4 is 11.1 Å². The molecule has 0 saturated carbocycles. The van der Waals surface area contributed by atoms with Crippen LogP contribution >= 0.6 is 0 Å². The van der Waals surface area contributed by atoms with Gasteiger partial charge in [0.15, 0.2) is 0 Å². The molecule has 0 radical (unpaired) electrons. The molecule has 7 nitrogen and oxygen atoms in total. The van der Waals surface area contributed by atoms with Gasteiger partial charge in [0, 0.05) is 28.0 Å². The van der Waals surface area contributed by atoms with Crippen LogP contribution in [0.15, 0.2) is 52.5 Å². The van der Waals surface area contributed by atoms with E-state index in [1.54, 1.807) is 25.5 Å². The van der Waals surface area contributed by atoms with E-state index in [2.05, 4.69) is 15.5 Å². The Balaban J connectivity index is 1.97. The average molecular weight is 323 g/mol. The SMILES string of the molecule is CC(=N)/C(C(=O)Nc1ccc2[nH]nc(-c3ccoc3)c2c1)=C(/C)N. The molecule has 122 valence electrons. The van der Waals surface area contributed by atoms with Crippen molar-refractivity contribution in [3.63, 3.8) is 0 Å². The predicted octanol–water partition coefficient (Wildman–Crippen LogP) is 3.03. The van der Waals surface area contributed by atoms with Gasteiger partial charge in [0.25, 0.3) is 5.91 Å². The summed E-state index contributed by atoms with van der Waals surface area (Å²) in [5.41, 5.74) is 9.34. The molecule has 7 heteroatoms. The van der Waals surface area contributed by atoms with E-state index in [0.717, 1.165) is 22.2 Å². The summed E-state index contributed by atoms with van der Waals surface area (Å²) in [6, 6.07) is 7.23. The molecular formula is C17H17N5O2. The molecular weight excluding hydrogens is 306 g/mol. The largest absolute Gasteiger partial charge is 0.472 e. The van der Waals surface area contributed by atoms with E-state index in [-0.39, 0.29) is 11.3 Å². The highest BCUT2D eigenvalue weighted by atomic mass is 16.3. The summed E-state index contributed by atoms with van der Waals surface area (Å²) in [6.07, 6.45) is 3.19. The lowest BCUT2D eigenvalue weighted by molar-refractivity contribution is -0.112. The molecule has 2 heterocycles. The van der Waals surface area contributed by atoms with Gasteiger partial charge in [-0.05, 0) is 38.1 Å². The van der Waals surface area contributed by atoms with Crippen LogP contribution in [-0.4, -0.2) is 21.8 Å². The number of carbonyl (C=O) groups is 1. The summed E-state index contributed by atoms with van der Waals surface area (Å²) in [5.74, 6) is -0.407. The second-order valence-electron chi connectivity index (χ2n) is 5.48. The Morgan fingerprint density at radius 3 is 2.75 bits per heavy atom. The van der Waals surface area contributed by atoms with Crippen molar-refractivity contribution in [2.24, 2.45) is 5.73 Å². The highest BCUT2D eigenvalue weighted by Gasteiger charge is 2.15. The normalized spacial score (nSPS) is 12.1. The second kappa shape index (κ2) is 6.04. The fourth-order valence-electron chi connectivity index (χ4n) is 2.55. The van der Waals surface area contributed by atoms with Crippen LogP contribution in [0.5, 0.6) is 0 Å². The van der Waals surface area contributed by atoms with Gasteiger partial charge in [-0.2, -0.15) is 5.10 Å². The Kier molecular flexibility index (Phi) is 3.91. The number of benzene rings is 1. The minimum absolute atomic E-state index is 0.121. The van der Waals surface area contributed by atoms with Gasteiger partial charge in [-0.1, -0.05) is 0 Å². The van der Waals surface area contributed by atoms with Gasteiger partial charge in [0.05, 0.1) is 23.6 Å². The highest BCUT2D eigenvalue weighted by molar-refractivity contribution is 6.24. The van der Waals surface area contributed by atoms with Crippen molar-refractivity contribution in [2.75, 3.05) is 5.32 Å². The number of rotatable bonds is 4. The van der Waals surface area contributed by atoms with E-state index in [1.165, 1.54) is 6.92 Å². The van der Waals surface area contributed by atoms with Gasteiger partial charge >= 0.3 is 0 Å². The Morgan fingerprint density at radius 1 is 1.33 bits per heavy atom. The van der Waals surface area contributed by atoms with Crippen LogP contribution in [0, 0.1) is 5.41 Å². The number of nitrogens with two attached hydrogens (primary N) is 1. The number of fused-ring (bicyclic) bond motifs is 1. The van der Waals surface area contributed by atoms with Crippen molar-refractivity contribution in [3.8, 4) is 11.3 Å². The molecule has 0 spiro atoms. The van der Waals surface area contributed by atoms with Crippen molar-refractivity contribution < 1.29 is 9.21 Å². The number of nitrogens with one attached hydrogen (secondary N) is 3. The molecule has 0 saturated heterocycles. The number of H-pyrrole nitrogens is 1. The molecule has 5 N–H and O–H groups in total. The monoisotopic (exact) mass is 323 g/mol. The van der Waals surface area contributed by atoms with Crippen LogP contribution in [0.2, 0.25) is 0 Å². The molecule has 0 atom stereocenters. The lowest BCUT2D eigenvalue weighted by atomic mass is 10.1. The Morgan fingerprint density at radius 2 is 2.12 bits per heavy atom. The highest BCUT2D eigenvalue weighted by Crippen LogP contribution is 2.28. The number of carbonyl (C=O) groups excluding carboxylic acids is 1. The van der Waals surface area contributed by atoms with Crippen molar-refractivity contribution in [1.82, 2.24) is 10.2 Å². The first-order valence-electron chi connectivity index (χ1n) is 7.31. The standard InChI is InChI=1S/C17H17N5O2/c1-9(18)15(10(2)19)17(23)20-12-3-4-14-13(7-12)16(22-21-14)11-5-6-24-8-11/h3-8,18H,19H2,1-2H3,(H,20,23)(H,21,22)/b15-10+,18-9?. The first-order chi connectivity index (χ1) is 11.5. The van der Waals surface area contributed by atoms with E-state index in [1.807, 2.05) is 18.2 Å². The van der Waals surface area contributed by atoms with Crippen molar-refractivity contribution in [3.05, 3.63) is 48.1 Å². The zero-order valence-electron chi connectivity index (χ0n) is 13.3. The van der Waals surface area contributed by atoms with Crippen molar-refractivity contribution in [1.29, 1.82) is 5.41 Å². The maximum Gasteiger partial charge on any atom is 0.259 e. The van der Waals surface area contributed by atoms with E-state index < -0.39 is 5.91 Å². The number of hydrogen-bond acceptors (Lipinski definition) is 5. The number of allylic oxidation sites excluding steroid dienone is 1. The third-order valence-electron chi connectivity index (χ3n) is 3.61. The average Bonchev–Trinajstić information content (AvgIpc) is 3.14. The Labute approximate surface area is 138 Å². The van der Waals surface area contributed by atoms with Gasteiger partial charge in [0.1, 0.15) is 5.69 Å². The van der Waals surface area contributed by atoms with Crippen LogP contribution in [-0.2, 0) is 4.79 Å². The minimum atomic E-state index is -0.407. The van der Waals surface area contributed by atoms with E-state index in [9.17, 15) is 4.79 Å². The number of hydrogen-bond donors (Lipinski definition) is 4. The first kappa shape index (κ1) is 15.5. The van der Waals surface area contributed by atoms with E-state index in [4.69, 9.17) is 15.6 Å². The molecule has 0 aliphatic heterocycles. The predicted molar refractivity (Wildman–Crippen MR) is 92.7 cm³/mol. The van der Waals surface area contributed by atoms with Crippen LogP contribution in [0.3, 0.4) is 0 Å². The molecule has 0 aliphatic rings. The fourth-order valence-corrected chi connectivity index (χ4v) is 2.55. The van der Waals surface area contributed by atoms with Gasteiger partial charge in [-0.15, -0.1) is 0 Å². The van der Waals surface area contributed by atoms with Gasteiger partial charge in [-0.25, -0.2) is 0 Å². The number of nitrogens with zero attached hydrogens (tertiary/aromatic N) is 1. The second-order valence-corrected chi connectivity index (χ2v) is 5.48. The molecule has 2 aromatic heterocycles.